The average molecular weight is 378 g/mol. The van der Waals surface area contributed by atoms with Crippen LogP contribution in [-0.4, -0.2) is 45.9 Å². The van der Waals surface area contributed by atoms with Crippen molar-refractivity contribution in [3.05, 3.63) is 41.5 Å². The minimum atomic E-state index is 0. The number of likely N-dealkylation sites (tertiary alicyclic amines) is 1. The molecule has 0 radical (unpaired) electrons. The number of fused-ring (bicyclic) bond motifs is 1. The predicted molar refractivity (Wildman–Crippen MR) is 104 cm³/mol. The number of nitrogens with one attached hydrogen (secondary N) is 1. The van der Waals surface area contributed by atoms with Crippen molar-refractivity contribution in [1.29, 1.82) is 0 Å². The lowest BCUT2D eigenvalue weighted by Crippen LogP contribution is -2.34. The van der Waals surface area contributed by atoms with Crippen LogP contribution in [0.15, 0.2) is 24.3 Å². The van der Waals surface area contributed by atoms with Crippen molar-refractivity contribution >= 4 is 12.4 Å². The molecule has 7 heteroatoms. The second-order valence-electron chi connectivity index (χ2n) is 6.93. The Bertz CT molecular complexity index is 712. The van der Waals surface area contributed by atoms with Crippen LogP contribution in [0.5, 0.6) is 5.75 Å². The van der Waals surface area contributed by atoms with Gasteiger partial charge < -0.3 is 14.6 Å². The summed E-state index contributed by atoms with van der Waals surface area (Å²) in [4.78, 5) is 2.54. The Morgan fingerprint density at radius 1 is 1.19 bits per heavy atom. The molecular formula is C19H28ClN5O. The molecule has 1 fully saturated rings. The highest BCUT2D eigenvalue weighted by Crippen LogP contribution is 2.28. The van der Waals surface area contributed by atoms with Gasteiger partial charge in [-0.3, -0.25) is 4.90 Å². The first kappa shape index (κ1) is 19.1. The van der Waals surface area contributed by atoms with Crippen LogP contribution in [0, 0.1) is 0 Å². The van der Waals surface area contributed by atoms with Gasteiger partial charge in [0.05, 0.1) is 13.2 Å². The molecule has 0 spiro atoms. The van der Waals surface area contributed by atoms with Crippen LogP contribution >= 0.6 is 12.4 Å². The summed E-state index contributed by atoms with van der Waals surface area (Å²) in [6, 6.07) is 8.47. The first-order chi connectivity index (χ1) is 12.3. The van der Waals surface area contributed by atoms with Crippen molar-refractivity contribution in [2.45, 2.75) is 45.3 Å². The van der Waals surface area contributed by atoms with Crippen LogP contribution in [0.4, 0.5) is 0 Å². The van der Waals surface area contributed by atoms with Gasteiger partial charge in [-0.25, -0.2) is 0 Å². The van der Waals surface area contributed by atoms with E-state index in [9.17, 15) is 0 Å². The van der Waals surface area contributed by atoms with Crippen LogP contribution < -0.4 is 10.1 Å². The first-order valence-corrected chi connectivity index (χ1v) is 9.40. The van der Waals surface area contributed by atoms with E-state index < -0.39 is 0 Å². The Labute approximate surface area is 161 Å². The van der Waals surface area contributed by atoms with Gasteiger partial charge in [0.25, 0.3) is 0 Å². The van der Waals surface area contributed by atoms with Gasteiger partial charge in [-0.05, 0) is 50.6 Å². The van der Waals surface area contributed by atoms with Crippen LogP contribution in [0.1, 0.15) is 42.9 Å². The van der Waals surface area contributed by atoms with Gasteiger partial charge in [0.1, 0.15) is 17.4 Å². The van der Waals surface area contributed by atoms with E-state index in [2.05, 4.69) is 43.2 Å². The van der Waals surface area contributed by atoms with Gasteiger partial charge in [0.15, 0.2) is 0 Å². The van der Waals surface area contributed by atoms with E-state index in [4.69, 9.17) is 4.74 Å². The topological polar surface area (TPSA) is 55.2 Å². The summed E-state index contributed by atoms with van der Waals surface area (Å²) in [5.74, 6) is 3.81. The highest BCUT2D eigenvalue weighted by Gasteiger charge is 2.26. The molecule has 0 amide bonds. The number of hydrogen-bond acceptors (Lipinski definition) is 5. The molecule has 0 aliphatic carbocycles. The van der Waals surface area contributed by atoms with Crippen LogP contribution in [0.25, 0.3) is 0 Å². The molecule has 1 N–H and O–H groups in total. The van der Waals surface area contributed by atoms with E-state index in [0.29, 0.717) is 12.5 Å². The molecular weight excluding hydrogens is 350 g/mol. The van der Waals surface area contributed by atoms with Crippen LogP contribution in [-0.2, 0) is 19.6 Å². The Kier molecular flexibility index (Phi) is 6.51. The molecule has 1 aromatic carbocycles. The predicted octanol–water partition coefficient (Wildman–Crippen LogP) is 2.58. The number of aromatic nitrogens is 3. The number of ether oxygens (including phenoxy) is 1. The summed E-state index contributed by atoms with van der Waals surface area (Å²) in [6.07, 6.45) is 2.33. The van der Waals surface area contributed by atoms with Crippen LogP contribution in [0.2, 0.25) is 0 Å². The molecule has 26 heavy (non-hydrogen) atoms. The van der Waals surface area contributed by atoms with Gasteiger partial charge in [-0.15, -0.1) is 22.6 Å². The Morgan fingerprint density at radius 2 is 2.04 bits per heavy atom. The molecule has 0 unspecified atom stereocenters. The molecule has 2 aliphatic heterocycles. The largest absolute Gasteiger partial charge is 0.494 e. The molecule has 3 heterocycles. The van der Waals surface area contributed by atoms with Gasteiger partial charge in [0.2, 0.25) is 0 Å². The van der Waals surface area contributed by atoms with Crippen molar-refractivity contribution < 1.29 is 4.74 Å². The third kappa shape index (κ3) is 4.19. The van der Waals surface area contributed by atoms with Crippen molar-refractivity contribution in [3.8, 4) is 5.75 Å². The lowest BCUT2D eigenvalue weighted by atomic mass is 9.95. The molecule has 142 valence electrons. The average Bonchev–Trinajstić information content (AvgIpc) is 3.07. The van der Waals surface area contributed by atoms with Crippen molar-refractivity contribution in [1.82, 2.24) is 25.0 Å². The highest BCUT2D eigenvalue weighted by molar-refractivity contribution is 5.85. The van der Waals surface area contributed by atoms with Crippen LogP contribution in [0.3, 0.4) is 0 Å². The minimum absolute atomic E-state index is 0. The summed E-state index contributed by atoms with van der Waals surface area (Å²) >= 11 is 0. The molecule has 1 aromatic heterocycles. The number of hydrogen-bond donors (Lipinski definition) is 1. The maximum atomic E-state index is 5.61. The van der Waals surface area contributed by atoms with Crippen molar-refractivity contribution in [3.63, 3.8) is 0 Å². The molecule has 1 saturated heterocycles. The number of piperidine rings is 1. The zero-order valence-corrected chi connectivity index (χ0v) is 16.2. The Morgan fingerprint density at radius 3 is 2.85 bits per heavy atom. The van der Waals surface area contributed by atoms with Gasteiger partial charge >= 0.3 is 0 Å². The van der Waals surface area contributed by atoms with Crippen molar-refractivity contribution in [2.24, 2.45) is 0 Å². The molecule has 6 nitrogen and oxygen atoms in total. The Hall–Kier alpha value is -1.63. The molecule has 2 aromatic rings. The standard InChI is InChI=1S/C19H27N5O.ClH/c1-2-25-17-5-3-4-15(12-17)14-23-9-6-16(7-10-23)19-22-21-18-13-20-8-11-24(18)19;/h3-5,12,16,20H,2,6-11,13-14H2,1H3;1H. The van der Waals surface area contributed by atoms with Gasteiger partial charge in [-0.2, -0.15) is 0 Å². The zero-order valence-electron chi connectivity index (χ0n) is 15.4. The van der Waals surface area contributed by atoms with Gasteiger partial charge in [0, 0.05) is 25.6 Å². The van der Waals surface area contributed by atoms with Gasteiger partial charge in [-0.1, -0.05) is 12.1 Å². The quantitative estimate of drug-likeness (QED) is 0.867. The second kappa shape index (κ2) is 8.84. The SMILES string of the molecule is CCOc1cccc(CN2CCC(c3nnc4n3CCNC4)CC2)c1.Cl. The zero-order chi connectivity index (χ0) is 17.1. The number of halogens is 1. The smallest absolute Gasteiger partial charge is 0.147 e. The summed E-state index contributed by atoms with van der Waals surface area (Å²) < 4.78 is 7.95. The normalized spacial score (nSPS) is 18.2. The van der Waals surface area contributed by atoms with E-state index in [1.54, 1.807) is 0 Å². The lowest BCUT2D eigenvalue weighted by Gasteiger charge is -2.32. The third-order valence-electron chi connectivity index (χ3n) is 5.22. The summed E-state index contributed by atoms with van der Waals surface area (Å²) in [6.45, 7) is 8.84. The number of rotatable bonds is 5. The van der Waals surface area contributed by atoms with E-state index in [1.807, 2.05) is 13.0 Å². The Balaban J connectivity index is 0.00000196. The minimum Gasteiger partial charge on any atom is -0.494 e. The fraction of sp³-hybridized carbons (Fsp3) is 0.579. The fourth-order valence-electron chi connectivity index (χ4n) is 3.92. The van der Waals surface area contributed by atoms with E-state index in [-0.39, 0.29) is 12.4 Å². The summed E-state index contributed by atoms with van der Waals surface area (Å²) in [7, 11) is 0. The van der Waals surface area contributed by atoms with Crippen molar-refractivity contribution in [2.75, 3.05) is 26.2 Å². The van der Waals surface area contributed by atoms with E-state index in [1.165, 1.54) is 11.4 Å². The van der Waals surface area contributed by atoms with E-state index in [0.717, 1.165) is 63.7 Å². The lowest BCUT2D eigenvalue weighted by molar-refractivity contribution is 0.199. The summed E-state index contributed by atoms with van der Waals surface area (Å²) in [5.41, 5.74) is 1.33. The first-order valence-electron chi connectivity index (χ1n) is 9.40. The maximum absolute atomic E-state index is 5.61. The molecule has 0 bridgehead atoms. The second-order valence-corrected chi connectivity index (χ2v) is 6.93. The number of nitrogens with zero attached hydrogens (tertiary/aromatic N) is 4. The molecule has 2 aliphatic rings. The highest BCUT2D eigenvalue weighted by atomic mass is 35.5. The fourth-order valence-corrected chi connectivity index (χ4v) is 3.92. The summed E-state index contributed by atoms with van der Waals surface area (Å²) in [5, 5.41) is 12.2. The number of benzene rings is 1. The third-order valence-corrected chi connectivity index (χ3v) is 5.22. The molecule has 0 atom stereocenters. The molecule has 4 rings (SSSR count). The molecule has 0 saturated carbocycles. The monoisotopic (exact) mass is 377 g/mol. The maximum Gasteiger partial charge on any atom is 0.147 e. The van der Waals surface area contributed by atoms with E-state index >= 15 is 0 Å².